The molecule has 0 spiro atoms. The fourth-order valence-corrected chi connectivity index (χ4v) is 2.97. The van der Waals surface area contributed by atoms with E-state index in [1.165, 1.54) is 22.5 Å². The van der Waals surface area contributed by atoms with Crippen LogP contribution in [0.5, 0.6) is 0 Å². The highest BCUT2D eigenvalue weighted by Gasteiger charge is 2.32. The molecule has 0 aliphatic heterocycles. The third-order valence-electron chi connectivity index (χ3n) is 3.44. The third kappa shape index (κ3) is 4.27. The predicted molar refractivity (Wildman–Crippen MR) is 85.8 cm³/mol. The first-order valence-corrected chi connectivity index (χ1v) is 8.19. The van der Waals surface area contributed by atoms with Gasteiger partial charge >= 0.3 is 6.18 Å². The molecule has 0 atom stereocenters. The van der Waals surface area contributed by atoms with Crippen molar-refractivity contribution in [3.63, 3.8) is 0 Å². The van der Waals surface area contributed by atoms with Crippen LogP contribution in [-0.4, -0.2) is 15.8 Å². The molecule has 0 saturated carbocycles. The highest BCUT2D eigenvalue weighted by molar-refractivity contribution is 7.09. The lowest BCUT2D eigenvalue weighted by atomic mass is 10.2. The second kappa shape index (κ2) is 7.10. The Bertz CT molecular complexity index is 776. The maximum Gasteiger partial charge on any atom is 0.433 e. The van der Waals surface area contributed by atoms with Gasteiger partial charge in [0.25, 0.3) is 5.91 Å². The van der Waals surface area contributed by atoms with Crippen LogP contribution in [0.1, 0.15) is 26.7 Å². The summed E-state index contributed by atoms with van der Waals surface area (Å²) in [5, 5.41) is 1.89. The lowest BCUT2D eigenvalue weighted by molar-refractivity contribution is -0.141. The quantitative estimate of drug-likeness (QED) is 0.663. The van der Waals surface area contributed by atoms with Gasteiger partial charge in [0, 0.05) is 11.1 Å². The van der Waals surface area contributed by atoms with Gasteiger partial charge in [-0.3, -0.25) is 9.78 Å². The molecule has 0 radical (unpaired) electrons. The van der Waals surface area contributed by atoms with Gasteiger partial charge < -0.3 is 9.32 Å². The minimum absolute atomic E-state index is 0.0936. The van der Waals surface area contributed by atoms with E-state index in [-0.39, 0.29) is 12.1 Å². The van der Waals surface area contributed by atoms with Crippen LogP contribution in [0.15, 0.2) is 58.7 Å². The Kier molecular flexibility index (Phi) is 4.89. The van der Waals surface area contributed by atoms with Crippen LogP contribution < -0.4 is 0 Å². The van der Waals surface area contributed by atoms with Gasteiger partial charge in [0.1, 0.15) is 11.5 Å². The Hall–Kier alpha value is -2.61. The smallest absolute Gasteiger partial charge is 0.433 e. The molecule has 3 heterocycles. The first-order valence-electron chi connectivity index (χ1n) is 7.31. The van der Waals surface area contributed by atoms with E-state index in [4.69, 9.17) is 4.42 Å². The SMILES string of the molecule is O=C(c1ccc(C(F)(F)F)nc1)N(Cc1ccco1)Cc1cccs1. The second-order valence-corrected chi connectivity index (χ2v) is 6.28. The number of carbonyl (C=O) groups is 1. The monoisotopic (exact) mass is 366 g/mol. The molecular formula is C17H13F3N2O2S. The molecule has 8 heteroatoms. The Morgan fingerprint density at radius 1 is 1.16 bits per heavy atom. The van der Waals surface area contributed by atoms with Crippen molar-refractivity contribution < 1.29 is 22.4 Å². The number of nitrogens with zero attached hydrogens (tertiary/aromatic N) is 2. The van der Waals surface area contributed by atoms with E-state index >= 15 is 0 Å². The summed E-state index contributed by atoms with van der Waals surface area (Å²) in [5.41, 5.74) is -0.934. The number of alkyl halides is 3. The standard InChI is InChI=1S/C17H13F3N2O2S/c18-17(19,20)15-6-5-12(9-21-15)16(23)22(10-13-3-1-7-24-13)11-14-4-2-8-25-14/h1-9H,10-11H2. The van der Waals surface area contributed by atoms with Gasteiger partial charge in [0.15, 0.2) is 0 Å². The number of aromatic nitrogens is 1. The molecular weight excluding hydrogens is 353 g/mol. The van der Waals surface area contributed by atoms with Crippen LogP contribution >= 0.6 is 11.3 Å². The number of thiophene rings is 1. The summed E-state index contributed by atoms with van der Waals surface area (Å²) in [6.45, 7) is 0.545. The highest BCUT2D eigenvalue weighted by Crippen LogP contribution is 2.27. The van der Waals surface area contributed by atoms with Crippen molar-refractivity contribution >= 4 is 17.2 Å². The van der Waals surface area contributed by atoms with Gasteiger partial charge in [-0.25, -0.2) is 0 Å². The molecule has 3 aromatic rings. The van der Waals surface area contributed by atoms with E-state index < -0.39 is 17.8 Å². The first kappa shape index (κ1) is 17.2. The van der Waals surface area contributed by atoms with Crippen molar-refractivity contribution in [2.75, 3.05) is 0 Å². The molecule has 0 fully saturated rings. The van der Waals surface area contributed by atoms with Crippen molar-refractivity contribution in [1.82, 2.24) is 9.88 Å². The predicted octanol–water partition coefficient (Wildman–Crippen LogP) is 4.60. The number of hydrogen-bond acceptors (Lipinski definition) is 4. The van der Waals surface area contributed by atoms with Gasteiger partial charge in [-0.05, 0) is 35.7 Å². The third-order valence-corrected chi connectivity index (χ3v) is 4.30. The van der Waals surface area contributed by atoms with E-state index in [2.05, 4.69) is 4.98 Å². The zero-order valence-corrected chi connectivity index (χ0v) is 13.7. The maximum atomic E-state index is 12.7. The largest absolute Gasteiger partial charge is 0.467 e. The summed E-state index contributed by atoms with van der Waals surface area (Å²) in [7, 11) is 0. The average Bonchev–Trinajstić information content (AvgIpc) is 3.27. The second-order valence-electron chi connectivity index (χ2n) is 5.25. The van der Waals surface area contributed by atoms with Crippen LogP contribution in [0.25, 0.3) is 0 Å². The number of carbonyl (C=O) groups excluding carboxylic acids is 1. The lowest BCUT2D eigenvalue weighted by Gasteiger charge is -2.21. The van der Waals surface area contributed by atoms with E-state index in [1.807, 2.05) is 17.5 Å². The molecule has 0 bridgehead atoms. The van der Waals surface area contributed by atoms with Crippen molar-refractivity contribution in [3.8, 4) is 0 Å². The number of furan rings is 1. The summed E-state index contributed by atoms with van der Waals surface area (Å²) >= 11 is 1.49. The Labute approximate surface area is 145 Å². The van der Waals surface area contributed by atoms with Crippen LogP contribution in [0.3, 0.4) is 0 Å². The maximum absolute atomic E-state index is 12.7. The Morgan fingerprint density at radius 2 is 2.00 bits per heavy atom. The van der Waals surface area contributed by atoms with Crippen LogP contribution in [0.2, 0.25) is 0 Å². The minimum Gasteiger partial charge on any atom is -0.467 e. The summed E-state index contributed by atoms with van der Waals surface area (Å²) in [5.74, 6) is 0.177. The summed E-state index contributed by atoms with van der Waals surface area (Å²) in [6.07, 6.45) is -2.08. The zero-order valence-electron chi connectivity index (χ0n) is 12.9. The van der Waals surface area contributed by atoms with Crippen molar-refractivity contribution in [2.24, 2.45) is 0 Å². The fourth-order valence-electron chi connectivity index (χ4n) is 2.25. The number of rotatable bonds is 5. The lowest BCUT2D eigenvalue weighted by Crippen LogP contribution is -2.30. The molecule has 1 amide bonds. The number of hydrogen-bond donors (Lipinski definition) is 0. The molecule has 0 unspecified atom stereocenters. The molecule has 0 N–H and O–H groups in total. The van der Waals surface area contributed by atoms with Gasteiger partial charge in [0.2, 0.25) is 0 Å². The van der Waals surface area contributed by atoms with Gasteiger partial charge in [-0.2, -0.15) is 13.2 Å². The fraction of sp³-hybridized carbons (Fsp3) is 0.176. The van der Waals surface area contributed by atoms with Crippen molar-refractivity contribution in [2.45, 2.75) is 19.3 Å². The molecule has 4 nitrogen and oxygen atoms in total. The average molecular weight is 366 g/mol. The molecule has 0 saturated heterocycles. The Balaban J connectivity index is 1.82. The molecule has 3 aromatic heterocycles. The molecule has 0 aliphatic rings. The molecule has 25 heavy (non-hydrogen) atoms. The van der Waals surface area contributed by atoms with Gasteiger partial charge in [-0.1, -0.05) is 6.07 Å². The van der Waals surface area contributed by atoms with E-state index in [9.17, 15) is 18.0 Å². The minimum atomic E-state index is -4.54. The molecule has 130 valence electrons. The van der Waals surface area contributed by atoms with E-state index in [0.717, 1.165) is 23.2 Å². The molecule has 0 aliphatic carbocycles. The van der Waals surface area contributed by atoms with E-state index in [0.29, 0.717) is 12.3 Å². The number of amides is 1. The highest BCUT2D eigenvalue weighted by atomic mass is 32.1. The first-order chi connectivity index (χ1) is 11.9. The van der Waals surface area contributed by atoms with Crippen LogP contribution in [0.4, 0.5) is 13.2 Å². The Morgan fingerprint density at radius 3 is 2.56 bits per heavy atom. The van der Waals surface area contributed by atoms with E-state index in [1.54, 1.807) is 12.1 Å². The summed E-state index contributed by atoms with van der Waals surface area (Å²) in [6, 6.07) is 9.15. The molecule has 0 aromatic carbocycles. The number of pyridine rings is 1. The van der Waals surface area contributed by atoms with Crippen LogP contribution in [0, 0.1) is 0 Å². The summed E-state index contributed by atoms with van der Waals surface area (Å²) in [4.78, 5) is 18.5. The topological polar surface area (TPSA) is 46.3 Å². The van der Waals surface area contributed by atoms with Crippen molar-refractivity contribution in [1.29, 1.82) is 0 Å². The number of halogens is 3. The zero-order chi connectivity index (χ0) is 17.9. The van der Waals surface area contributed by atoms with Crippen molar-refractivity contribution in [3.05, 3.63) is 76.1 Å². The summed E-state index contributed by atoms with van der Waals surface area (Å²) < 4.78 is 43.1. The van der Waals surface area contributed by atoms with Gasteiger partial charge in [0.05, 0.1) is 24.9 Å². The normalized spacial score (nSPS) is 11.5. The van der Waals surface area contributed by atoms with Gasteiger partial charge in [-0.15, -0.1) is 11.3 Å². The molecule has 3 rings (SSSR count). The van der Waals surface area contributed by atoms with Crippen LogP contribution in [-0.2, 0) is 19.3 Å².